The predicted octanol–water partition coefficient (Wildman–Crippen LogP) is 2.01. The van der Waals surface area contributed by atoms with Gasteiger partial charge in [-0.25, -0.2) is 4.98 Å². The van der Waals surface area contributed by atoms with Crippen LogP contribution in [0.2, 0.25) is 5.02 Å². The lowest BCUT2D eigenvalue weighted by Crippen LogP contribution is -2.38. The van der Waals surface area contributed by atoms with Gasteiger partial charge < -0.3 is 14.6 Å². The number of nitrogens with zero attached hydrogens (tertiary/aromatic N) is 5. The van der Waals surface area contributed by atoms with E-state index in [1.165, 1.54) is 0 Å². The summed E-state index contributed by atoms with van der Waals surface area (Å²) in [6.45, 7) is 1.53. The summed E-state index contributed by atoms with van der Waals surface area (Å²) in [5, 5.41) is 15.5. The lowest BCUT2D eigenvalue weighted by Gasteiger charge is -2.28. The molecule has 26 heavy (non-hydrogen) atoms. The predicted molar refractivity (Wildman–Crippen MR) is 95.7 cm³/mol. The van der Waals surface area contributed by atoms with Crippen LogP contribution in [0.5, 0.6) is 0 Å². The Morgan fingerprint density at radius 3 is 2.85 bits per heavy atom. The van der Waals surface area contributed by atoms with Crippen LogP contribution in [-0.4, -0.2) is 41.8 Å². The van der Waals surface area contributed by atoms with Crippen molar-refractivity contribution in [3.05, 3.63) is 70.5 Å². The number of fused-ring (bicyclic) bond motifs is 1. The molecule has 2 aromatic heterocycles. The number of benzene rings is 1. The highest BCUT2D eigenvalue weighted by molar-refractivity contribution is 6.33. The van der Waals surface area contributed by atoms with Crippen molar-refractivity contribution >= 4 is 17.5 Å². The summed E-state index contributed by atoms with van der Waals surface area (Å²) in [7, 11) is 1.82. The average Bonchev–Trinajstić information content (AvgIpc) is 3.26. The van der Waals surface area contributed by atoms with E-state index in [4.69, 9.17) is 11.6 Å². The molecule has 1 N–H and O–H groups in total. The maximum Gasteiger partial charge on any atom is 0.255 e. The van der Waals surface area contributed by atoms with E-state index in [1.807, 2.05) is 17.8 Å². The lowest BCUT2D eigenvalue weighted by atomic mass is 10.1. The van der Waals surface area contributed by atoms with Crippen LogP contribution < -0.4 is 0 Å². The van der Waals surface area contributed by atoms with Crippen molar-refractivity contribution in [1.82, 2.24) is 24.2 Å². The van der Waals surface area contributed by atoms with Crippen molar-refractivity contribution < 1.29 is 9.90 Å². The summed E-state index contributed by atoms with van der Waals surface area (Å²) in [4.78, 5) is 18.7. The number of imidazole rings is 1. The van der Waals surface area contributed by atoms with Gasteiger partial charge in [0.25, 0.3) is 5.91 Å². The van der Waals surface area contributed by atoms with Crippen LogP contribution in [0.4, 0.5) is 0 Å². The van der Waals surface area contributed by atoms with Gasteiger partial charge in [-0.1, -0.05) is 23.7 Å². The fraction of sp³-hybridized carbons (Fsp3) is 0.278. The number of carbonyl (C=O) groups excluding carboxylic acids is 1. The summed E-state index contributed by atoms with van der Waals surface area (Å²) in [6.07, 6.45) is 2.51. The number of amides is 1. The molecule has 1 aliphatic heterocycles. The Kier molecular flexibility index (Phi) is 4.26. The van der Waals surface area contributed by atoms with Crippen LogP contribution in [0, 0.1) is 0 Å². The number of carbonyl (C=O) groups is 1. The van der Waals surface area contributed by atoms with Crippen molar-refractivity contribution in [3.63, 3.8) is 0 Å². The molecular formula is C18H18ClN5O2. The highest BCUT2D eigenvalue weighted by atomic mass is 35.5. The van der Waals surface area contributed by atoms with E-state index < -0.39 is 6.10 Å². The van der Waals surface area contributed by atoms with Crippen LogP contribution in [0.3, 0.4) is 0 Å². The molecule has 1 unspecified atom stereocenters. The van der Waals surface area contributed by atoms with Gasteiger partial charge in [0, 0.05) is 26.0 Å². The second-order valence-corrected chi connectivity index (χ2v) is 6.70. The Bertz CT molecular complexity index is 964. The van der Waals surface area contributed by atoms with Crippen LogP contribution in [0.25, 0.3) is 0 Å². The van der Waals surface area contributed by atoms with Crippen LogP contribution in [0.15, 0.2) is 42.7 Å². The van der Waals surface area contributed by atoms with Crippen LogP contribution >= 0.6 is 11.6 Å². The van der Waals surface area contributed by atoms with Crippen LogP contribution in [0.1, 0.15) is 33.7 Å². The molecule has 0 saturated heterocycles. The molecule has 0 saturated carbocycles. The van der Waals surface area contributed by atoms with Crippen molar-refractivity contribution in [3.8, 4) is 0 Å². The first kappa shape index (κ1) is 16.8. The second-order valence-electron chi connectivity index (χ2n) is 6.29. The van der Waals surface area contributed by atoms with E-state index in [-0.39, 0.29) is 5.91 Å². The molecule has 0 spiro atoms. The van der Waals surface area contributed by atoms with E-state index in [9.17, 15) is 9.90 Å². The first-order chi connectivity index (χ1) is 12.5. The molecule has 1 amide bonds. The summed E-state index contributed by atoms with van der Waals surface area (Å²) < 4.78 is 3.59. The van der Waals surface area contributed by atoms with E-state index in [1.54, 1.807) is 46.1 Å². The van der Waals surface area contributed by atoms with E-state index in [2.05, 4.69) is 10.1 Å². The smallest absolute Gasteiger partial charge is 0.255 e. The molecule has 3 heterocycles. The van der Waals surface area contributed by atoms with Crippen molar-refractivity contribution in [1.29, 1.82) is 0 Å². The van der Waals surface area contributed by atoms with Gasteiger partial charge >= 0.3 is 0 Å². The molecule has 134 valence electrons. The summed E-state index contributed by atoms with van der Waals surface area (Å²) in [5.41, 5.74) is 1.90. The van der Waals surface area contributed by atoms with Crippen molar-refractivity contribution in [2.24, 2.45) is 7.05 Å². The molecule has 0 bridgehead atoms. The molecule has 0 radical (unpaired) electrons. The van der Waals surface area contributed by atoms with Gasteiger partial charge in [0.05, 0.1) is 35.1 Å². The molecule has 0 aliphatic carbocycles. The average molecular weight is 372 g/mol. The molecule has 0 fully saturated rings. The Labute approximate surface area is 155 Å². The molecular weight excluding hydrogens is 354 g/mol. The zero-order chi connectivity index (χ0) is 18.3. The summed E-state index contributed by atoms with van der Waals surface area (Å²) in [6, 6.07) is 8.87. The molecule has 1 aliphatic rings. The van der Waals surface area contributed by atoms with Gasteiger partial charge in [0.2, 0.25) is 0 Å². The Morgan fingerprint density at radius 2 is 2.12 bits per heavy atom. The first-order valence-corrected chi connectivity index (χ1v) is 8.68. The van der Waals surface area contributed by atoms with Gasteiger partial charge in [0.1, 0.15) is 5.82 Å². The first-order valence-electron chi connectivity index (χ1n) is 8.30. The highest BCUT2D eigenvalue weighted by Crippen LogP contribution is 2.24. The molecule has 7 nitrogen and oxygen atoms in total. The second kappa shape index (κ2) is 6.59. The normalized spacial score (nSPS) is 15.0. The number of aromatic nitrogens is 4. The monoisotopic (exact) mass is 371 g/mol. The maximum absolute atomic E-state index is 12.8. The summed E-state index contributed by atoms with van der Waals surface area (Å²) in [5.74, 6) is 0.429. The quantitative estimate of drug-likeness (QED) is 0.764. The van der Waals surface area contributed by atoms with Gasteiger partial charge in [0.15, 0.2) is 6.10 Å². The van der Waals surface area contributed by atoms with Gasteiger partial charge in [-0.3, -0.25) is 9.48 Å². The zero-order valence-electron chi connectivity index (χ0n) is 14.2. The van der Waals surface area contributed by atoms with Crippen LogP contribution in [-0.2, 0) is 20.1 Å². The number of hydrogen-bond donors (Lipinski definition) is 1. The summed E-state index contributed by atoms with van der Waals surface area (Å²) >= 11 is 6.15. The molecule has 1 aromatic carbocycles. The third-order valence-corrected chi connectivity index (χ3v) is 4.92. The SMILES string of the molecule is Cn1ccnc1C(O)c1cc2n(n1)CCN(C(=O)c1ccccc1Cl)C2. The minimum Gasteiger partial charge on any atom is -0.379 e. The van der Waals surface area contributed by atoms with E-state index in [0.717, 1.165) is 5.69 Å². The maximum atomic E-state index is 12.8. The third kappa shape index (κ3) is 2.89. The fourth-order valence-corrected chi connectivity index (χ4v) is 3.39. The van der Waals surface area contributed by atoms with Gasteiger partial charge in [-0.2, -0.15) is 5.10 Å². The Hall–Kier alpha value is -2.64. The lowest BCUT2D eigenvalue weighted by molar-refractivity contribution is 0.0706. The molecule has 8 heteroatoms. The van der Waals surface area contributed by atoms with E-state index >= 15 is 0 Å². The fourth-order valence-electron chi connectivity index (χ4n) is 3.17. The molecule has 4 rings (SSSR count). The van der Waals surface area contributed by atoms with Crippen molar-refractivity contribution in [2.75, 3.05) is 6.54 Å². The minimum absolute atomic E-state index is 0.103. The zero-order valence-corrected chi connectivity index (χ0v) is 15.0. The standard InChI is InChI=1S/C18H18ClN5O2/c1-22-7-6-20-17(22)16(25)15-10-12-11-23(8-9-24(12)21-15)18(26)13-4-2-3-5-14(13)19/h2-7,10,16,25H,8-9,11H2,1H3. The number of hydrogen-bond acceptors (Lipinski definition) is 4. The largest absolute Gasteiger partial charge is 0.379 e. The highest BCUT2D eigenvalue weighted by Gasteiger charge is 2.27. The van der Waals surface area contributed by atoms with E-state index in [0.29, 0.717) is 41.7 Å². The molecule has 3 aromatic rings. The number of aryl methyl sites for hydroxylation is 1. The van der Waals surface area contributed by atoms with Gasteiger partial charge in [-0.05, 0) is 18.2 Å². The number of aliphatic hydroxyl groups is 1. The number of rotatable bonds is 3. The molecule has 1 atom stereocenters. The van der Waals surface area contributed by atoms with Crippen molar-refractivity contribution in [2.45, 2.75) is 19.2 Å². The Morgan fingerprint density at radius 1 is 1.31 bits per heavy atom. The number of aliphatic hydroxyl groups excluding tert-OH is 1. The minimum atomic E-state index is -0.902. The Balaban J connectivity index is 1.56. The topological polar surface area (TPSA) is 76.2 Å². The third-order valence-electron chi connectivity index (χ3n) is 4.59. The number of halogens is 1. The van der Waals surface area contributed by atoms with Gasteiger partial charge in [-0.15, -0.1) is 0 Å².